The molecule has 4 rings (SSSR count). The Hall–Kier alpha value is -0.550. The van der Waals surface area contributed by atoms with Crippen molar-refractivity contribution in [1.29, 1.82) is 5.26 Å². The second-order valence-electron chi connectivity index (χ2n) is 5.24. The largest absolute Gasteiger partial charge is 0.198 e. The van der Waals surface area contributed by atoms with Gasteiger partial charge >= 0.3 is 0 Å². The Morgan fingerprint density at radius 3 is 2.38 bits per heavy atom. The number of rotatable bonds is 0. The molecule has 1 unspecified atom stereocenters. The molecule has 4 bridgehead atoms. The van der Waals surface area contributed by atoms with E-state index >= 15 is 0 Å². The van der Waals surface area contributed by atoms with Crippen LogP contribution in [0.25, 0.3) is 0 Å². The average molecular weight is 278 g/mol. The number of hydrogen-bond acceptors (Lipinski definition) is 1. The summed E-state index contributed by atoms with van der Waals surface area (Å²) in [5.74, 6) is 0.683. The van der Waals surface area contributed by atoms with Crippen LogP contribution in [0.5, 0.6) is 0 Å². The first-order chi connectivity index (χ1) is 7.75. The van der Waals surface area contributed by atoms with Crippen LogP contribution in [0.4, 0.5) is 0 Å². The molecule has 0 amide bonds. The minimum absolute atomic E-state index is 0.0864. The van der Waals surface area contributed by atoms with Crippen molar-refractivity contribution in [3.05, 3.63) is 23.3 Å². The predicted octanol–water partition coefficient (Wildman–Crippen LogP) is 4.11. The molecule has 1 nitrogen and oxygen atoms in total. The minimum atomic E-state index is -0.0864. The third kappa shape index (κ3) is 1.34. The minimum Gasteiger partial charge on any atom is -0.198 e. The number of nitrogens with zero attached hydrogens (tertiary/aromatic N) is 1. The van der Waals surface area contributed by atoms with Crippen LogP contribution in [0.2, 0.25) is 0 Å². The lowest BCUT2D eigenvalue weighted by atomic mass is 9.63. The fourth-order valence-corrected chi connectivity index (χ4v) is 4.46. The Morgan fingerprint density at radius 1 is 1.19 bits per heavy atom. The van der Waals surface area contributed by atoms with E-state index in [1.807, 2.05) is 0 Å². The second kappa shape index (κ2) is 3.74. The van der Waals surface area contributed by atoms with Gasteiger partial charge in [-0.15, -0.1) is 0 Å². The molecule has 0 spiro atoms. The molecule has 2 heteroatoms. The lowest BCUT2D eigenvalue weighted by Gasteiger charge is -2.47. The molecule has 0 aromatic rings. The quantitative estimate of drug-likeness (QED) is 0.483. The molecule has 4 aliphatic rings. The van der Waals surface area contributed by atoms with Crippen molar-refractivity contribution in [3.8, 4) is 6.07 Å². The van der Waals surface area contributed by atoms with Gasteiger partial charge in [-0.05, 0) is 38.0 Å². The molecule has 0 saturated heterocycles. The monoisotopic (exact) mass is 277 g/mol. The molecule has 1 saturated carbocycles. The van der Waals surface area contributed by atoms with Crippen molar-refractivity contribution in [3.63, 3.8) is 0 Å². The molecule has 1 fully saturated rings. The van der Waals surface area contributed by atoms with Crippen LogP contribution in [0.15, 0.2) is 23.3 Å². The van der Waals surface area contributed by atoms with Crippen LogP contribution in [-0.4, -0.2) is 4.32 Å². The van der Waals surface area contributed by atoms with Crippen LogP contribution in [0.1, 0.15) is 38.5 Å². The van der Waals surface area contributed by atoms with E-state index in [9.17, 15) is 5.26 Å². The van der Waals surface area contributed by atoms with Gasteiger partial charge in [-0.3, -0.25) is 0 Å². The maximum atomic E-state index is 9.36. The molecule has 84 valence electrons. The van der Waals surface area contributed by atoms with Gasteiger partial charge in [-0.2, -0.15) is 5.26 Å². The van der Waals surface area contributed by atoms with Crippen LogP contribution in [0.3, 0.4) is 0 Å². The molecule has 4 aliphatic carbocycles. The second-order valence-corrected chi connectivity index (χ2v) is 6.49. The fraction of sp³-hybridized carbons (Fsp3) is 0.643. The summed E-state index contributed by atoms with van der Waals surface area (Å²) in [6.45, 7) is 0. The highest BCUT2D eigenvalue weighted by atomic mass is 79.9. The molecule has 0 aliphatic heterocycles. The van der Waals surface area contributed by atoms with Crippen molar-refractivity contribution in [1.82, 2.24) is 0 Å². The van der Waals surface area contributed by atoms with Crippen molar-refractivity contribution in [2.45, 2.75) is 42.8 Å². The SMILES string of the molecule is N#CC1CC2C=C3CCCCCC(=C2)C31Br. The topological polar surface area (TPSA) is 23.8 Å². The van der Waals surface area contributed by atoms with Gasteiger partial charge < -0.3 is 0 Å². The summed E-state index contributed by atoms with van der Waals surface area (Å²) < 4.78 is -0.0864. The highest BCUT2D eigenvalue weighted by Gasteiger charge is 2.49. The summed E-state index contributed by atoms with van der Waals surface area (Å²) in [6, 6.07) is 2.52. The van der Waals surface area contributed by atoms with Gasteiger partial charge in [-0.25, -0.2) is 0 Å². The normalized spacial score (nSPS) is 41.5. The highest BCUT2D eigenvalue weighted by Crippen LogP contribution is 2.56. The van der Waals surface area contributed by atoms with E-state index in [0.29, 0.717) is 5.92 Å². The van der Waals surface area contributed by atoms with Gasteiger partial charge in [0.25, 0.3) is 0 Å². The molecule has 0 radical (unpaired) electrons. The summed E-state index contributed by atoms with van der Waals surface area (Å²) in [7, 11) is 0. The predicted molar refractivity (Wildman–Crippen MR) is 68.1 cm³/mol. The number of hydrogen-bond donors (Lipinski definition) is 0. The summed E-state index contributed by atoms with van der Waals surface area (Å²) in [5, 5.41) is 9.36. The molecular formula is C14H16BrN. The lowest BCUT2D eigenvalue weighted by Crippen LogP contribution is -2.43. The van der Waals surface area contributed by atoms with E-state index in [-0.39, 0.29) is 10.2 Å². The first-order valence-electron chi connectivity index (χ1n) is 6.26. The van der Waals surface area contributed by atoms with Gasteiger partial charge in [0.1, 0.15) is 0 Å². The zero-order chi connectivity index (χ0) is 11.2. The van der Waals surface area contributed by atoms with Gasteiger partial charge in [0.15, 0.2) is 0 Å². The van der Waals surface area contributed by atoms with E-state index in [4.69, 9.17) is 0 Å². The average Bonchev–Trinajstić information content (AvgIpc) is 2.29. The Bertz CT molecular complexity index is 389. The summed E-state index contributed by atoms with van der Waals surface area (Å²) >= 11 is 3.93. The Morgan fingerprint density at radius 2 is 1.81 bits per heavy atom. The summed E-state index contributed by atoms with van der Waals surface area (Å²) in [4.78, 5) is 0. The number of nitriles is 1. The van der Waals surface area contributed by atoms with E-state index in [1.165, 1.54) is 43.3 Å². The van der Waals surface area contributed by atoms with Gasteiger partial charge in [0, 0.05) is 0 Å². The number of alkyl halides is 1. The number of fused-ring (bicyclic) bond motifs is 1. The lowest BCUT2D eigenvalue weighted by molar-refractivity contribution is 0.396. The Balaban J connectivity index is 2.08. The van der Waals surface area contributed by atoms with Crippen LogP contribution in [0, 0.1) is 23.2 Å². The van der Waals surface area contributed by atoms with Crippen LogP contribution in [-0.2, 0) is 0 Å². The van der Waals surface area contributed by atoms with Crippen molar-refractivity contribution >= 4 is 15.9 Å². The zero-order valence-corrected chi connectivity index (χ0v) is 11.0. The Labute approximate surface area is 105 Å². The van der Waals surface area contributed by atoms with Crippen molar-refractivity contribution < 1.29 is 0 Å². The first kappa shape index (κ1) is 10.6. The highest BCUT2D eigenvalue weighted by molar-refractivity contribution is 9.10. The summed E-state index contributed by atoms with van der Waals surface area (Å²) in [6.07, 6.45) is 12.1. The smallest absolute Gasteiger partial charge is 0.0833 e. The van der Waals surface area contributed by atoms with E-state index in [1.54, 1.807) is 0 Å². The summed E-state index contributed by atoms with van der Waals surface area (Å²) in [5.41, 5.74) is 2.99. The number of halogens is 1. The molecule has 0 heterocycles. The van der Waals surface area contributed by atoms with E-state index < -0.39 is 0 Å². The molecule has 0 N–H and O–H groups in total. The molecule has 0 aromatic heterocycles. The standard InChI is InChI=1S/C14H16BrN/c15-14-11-4-2-1-3-5-12(14)7-10(6-11)8-13(14)9-16/h6-7,10,13H,1-5,8H2. The molecule has 16 heavy (non-hydrogen) atoms. The third-order valence-electron chi connectivity index (χ3n) is 4.30. The maximum Gasteiger partial charge on any atom is 0.0833 e. The molecule has 0 aromatic carbocycles. The maximum absolute atomic E-state index is 9.36. The van der Waals surface area contributed by atoms with Gasteiger partial charge in [-0.1, -0.05) is 45.6 Å². The number of allylic oxidation sites excluding steroid dienone is 4. The van der Waals surface area contributed by atoms with Crippen molar-refractivity contribution in [2.24, 2.45) is 11.8 Å². The zero-order valence-electron chi connectivity index (χ0n) is 9.38. The molecular weight excluding hydrogens is 262 g/mol. The third-order valence-corrected chi connectivity index (χ3v) is 5.87. The van der Waals surface area contributed by atoms with Gasteiger partial charge in [0.2, 0.25) is 0 Å². The van der Waals surface area contributed by atoms with Gasteiger partial charge in [0.05, 0.1) is 16.3 Å². The first-order valence-corrected chi connectivity index (χ1v) is 7.05. The Kier molecular flexibility index (Phi) is 2.47. The van der Waals surface area contributed by atoms with E-state index in [0.717, 1.165) is 6.42 Å². The fourth-order valence-electron chi connectivity index (χ4n) is 3.51. The molecule has 1 atom stereocenters. The van der Waals surface area contributed by atoms with E-state index in [2.05, 4.69) is 34.2 Å². The van der Waals surface area contributed by atoms with Crippen LogP contribution < -0.4 is 0 Å². The van der Waals surface area contributed by atoms with Crippen molar-refractivity contribution in [2.75, 3.05) is 0 Å². The van der Waals surface area contributed by atoms with Crippen LogP contribution >= 0.6 is 15.9 Å².